The van der Waals surface area contributed by atoms with Crippen molar-refractivity contribution in [2.45, 2.75) is 83.8 Å². The molecular weight excluding hydrogens is 589 g/mol. The molecule has 2 aromatic carbocycles. The smallest absolute Gasteiger partial charge is 0.296 e. The molecule has 4 aliphatic rings. The number of halogens is 4. The van der Waals surface area contributed by atoms with Crippen LogP contribution in [0.25, 0.3) is 5.57 Å². The number of hydrogen-bond donors (Lipinski definition) is 1. The Hall–Kier alpha value is -2.72. The van der Waals surface area contributed by atoms with Crippen molar-refractivity contribution in [3.05, 3.63) is 75.3 Å². The van der Waals surface area contributed by atoms with Crippen molar-refractivity contribution < 1.29 is 22.8 Å². The standard InChI is InChI=1S/C34H40ClF3N4O2/c1-33(2)12-11-25(28(16-33)23-5-7-27(35)8-6-23)18-40-13-14-41(30(21-40)34(36,37)38)17-22-3-4-24-19-42(20-26(24)15-22)29-9-10-31(43)39-32(29)44/h3-8,15,29-30H,9-14,16-21H2,1-2H3,(H,39,43,44). The Labute approximate surface area is 262 Å². The average molecular weight is 629 g/mol. The predicted molar refractivity (Wildman–Crippen MR) is 165 cm³/mol. The SMILES string of the molecule is CC1(C)CCC(CN2CCN(Cc3ccc4c(c3)CN(C3CCC(=O)NC3=O)C4)C(C(F)(F)F)C2)=C(c2ccc(Cl)cc2)C1. The van der Waals surface area contributed by atoms with Crippen LogP contribution in [-0.4, -0.2) is 71.0 Å². The highest BCUT2D eigenvalue weighted by Gasteiger charge is 2.46. The molecule has 1 N–H and O–H groups in total. The minimum absolute atomic E-state index is 0.0570. The van der Waals surface area contributed by atoms with E-state index in [0.717, 1.165) is 41.5 Å². The van der Waals surface area contributed by atoms with Crippen LogP contribution in [0, 0.1) is 5.41 Å². The van der Waals surface area contributed by atoms with Gasteiger partial charge in [0.2, 0.25) is 11.8 Å². The van der Waals surface area contributed by atoms with E-state index in [-0.39, 0.29) is 36.4 Å². The number of allylic oxidation sites excluding steroid dienone is 1. The highest BCUT2D eigenvalue weighted by molar-refractivity contribution is 6.30. The number of nitrogens with zero attached hydrogens (tertiary/aromatic N) is 3. The van der Waals surface area contributed by atoms with Gasteiger partial charge in [-0.2, -0.15) is 13.2 Å². The first-order chi connectivity index (χ1) is 20.8. The molecule has 2 atom stereocenters. The molecule has 2 amide bonds. The molecule has 236 valence electrons. The molecule has 0 bridgehead atoms. The zero-order chi connectivity index (χ0) is 31.2. The maximum Gasteiger partial charge on any atom is 0.405 e. The zero-order valence-corrected chi connectivity index (χ0v) is 26.1. The van der Waals surface area contributed by atoms with Crippen LogP contribution in [-0.2, 0) is 29.2 Å². The number of piperazine rings is 1. The molecule has 3 heterocycles. The van der Waals surface area contributed by atoms with Gasteiger partial charge in [-0.1, -0.05) is 61.4 Å². The average Bonchev–Trinajstić information content (AvgIpc) is 3.37. The lowest BCUT2D eigenvalue weighted by molar-refractivity contribution is -0.198. The maximum atomic E-state index is 14.5. The van der Waals surface area contributed by atoms with E-state index in [1.165, 1.54) is 11.1 Å². The zero-order valence-electron chi connectivity index (χ0n) is 25.4. The number of carbonyl (C=O) groups is 2. The van der Waals surface area contributed by atoms with E-state index in [1.807, 2.05) is 52.3 Å². The summed E-state index contributed by atoms with van der Waals surface area (Å²) in [7, 11) is 0. The first-order valence-corrected chi connectivity index (χ1v) is 15.9. The summed E-state index contributed by atoms with van der Waals surface area (Å²) in [6, 6.07) is 11.8. The lowest BCUT2D eigenvalue weighted by atomic mass is 9.72. The number of carbonyl (C=O) groups excluding carboxylic acids is 2. The summed E-state index contributed by atoms with van der Waals surface area (Å²) in [5.41, 5.74) is 6.69. The Morgan fingerprint density at radius 3 is 2.45 bits per heavy atom. The fraction of sp³-hybridized carbons (Fsp3) is 0.529. The summed E-state index contributed by atoms with van der Waals surface area (Å²) in [5.74, 6) is -0.515. The number of amides is 2. The number of alkyl halides is 3. The van der Waals surface area contributed by atoms with Crippen LogP contribution in [0.5, 0.6) is 0 Å². The molecule has 0 radical (unpaired) electrons. The third-order valence-electron chi connectivity index (χ3n) is 9.80. The van der Waals surface area contributed by atoms with Gasteiger partial charge in [0.1, 0.15) is 6.04 Å². The number of hydrogen-bond acceptors (Lipinski definition) is 5. The highest BCUT2D eigenvalue weighted by atomic mass is 35.5. The molecule has 6 nitrogen and oxygen atoms in total. The fourth-order valence-corrected chi connectivity index (χ4v) is 7.44. The highest BCUT2D eigenvalue weighted by Crippen LogP contribution is 2.43. The molecule has 2 fully saturated rings. The van der Waals surface area contributed by atoms with E-state index in [9.17, 15) is 22.8 Å². The molecule has 2 saturated heterocycles. The van der Waals surface area contributed by atoms with E-state index >= 15 is 0 Å². The van der Waals surface area contributed by atoms with Crippen LogP contribution in [0.3, 0.4) is 0 Å². The van der Waals surface area contributed by atoms with Gasteiger partial charge in [0.25, 0.3) is 0 Å². The maximum absolute atomic E-state index is 14.5. The number of imide groups is 1. The van der Waals surface area contributed by atoms with Gasteiger partial charge in [0, 0.05) is 57.3 Å². The Morgan fingerprint density at radius 1 is 0.977 bits per heavy atom. The van der Waals surface area contributed by atoms with Crippen LogP contribution in [0.1, 0.15) is 68.2 Å². The summed E-state index contributed by atoms with van der Waals surface area (Å²) in [6.45, 7) is 7.26. The van der Waals surface area contributed by atoms with Crippen molar-refractivity contribution in [1.29, 1.82) is 0 Å². The number of fused-ring (bicyclic) bond motifs is 1. The third-order valence-corrected chi connectivity index (χ3v) is 10.1. The first kappa shape index (κ1) is 31.3. The van der Waals surface area contributed by atoms with Gasteiger partial charge in [-0.3, -0.25) is 29.6 Å². The molecule has 2 aromatic rings. The monoisotopic (exact) mass is 628 g/mol. The normalized spacial score (nSPS) is 25.3. The van der Waals surface area contributed by atoms with Crippen LogP contribution in [0.4, 0.5) is 13.2 Å². The molecule has 0 aromatic heterocycles. The third kappa shape index (κ3) is 6.91. The Kier molecular flexibility index (Phi) is 8.69. The topological polar surface area (TPSA) is 55.9 Å². The van der Waals surface area contributed by atoms with Gasteiger partial charge in [-0.05, 0) is 71.1 Å². The quantitative estimate of drug-likeness (QED) is 0.388. The van der Waals surface area contributed by atoms with Gasteiger partial charge < -0.3 is 0 Å². The van der Waals surface area contributed by atoms with Crippen molar-refractivity contribution in [2.75, 3.05) is 26.2 Å². The van der Waals surface area contributed by atoms with Gasteiger partial charge in [0.05, 0.1) is 6.04 Å². The molecule has 3 aliphatic heterocycles. The summed E-state index contributed by atoms with van der Waals surface area (Å²) in [5, 5.41) is 3.09. The largest absolute Gasteiger partial charge is 0.405 e. The van der Waals surface area contributed by atoms with Gasteiger partial charge in [-0.15, -0.1) is 0 Å². The molecule has 44 heavy (non-hydrogen) atoms. The minimum atomic E-state index is -4.35. The summed E-state index contributed by atoms with van der Waals surface area (Å²) < 4.78 is 43.5. The Morgan fingerprint density at radius 2 is 1.73 bits per heavy atom. The summed E-state index contributed by atoms with van der Waals surface area (Å²) in [6.07, 6.45) is -0.754. The summed E-state index contributed by atoms with van der Waals surface area (Å²) in [4.78, 5) is 29.6. The van der Waals surface area contributed by atoms with Gasteiger partial charge in [0.15, 0.2) is 0 Å². The van der Waals surface area contributed by atoms with Crippen LogP contribution < -0.4 is 5.32 Å². The van der Waals surface area contributed by atoms with Crippen LogP contribution in [0.15, 0.2) is 48.0 Å². The molecule has 0 spiro atoms. The molecule has 6 rings (SSSR count). The fourth-order valence-electron chi connectivity index (χ4n) is 7.31. The second kappa shape index (κ2) is 12.2. The van der Waals surface area contributed by atoms with Crippen LogP contribution >= 0.6 is 11.6 Å². The lowest BCUT2D eigenvalue weighted by Crippen LogP contribution is -2.58. The predicted octanol–water partition coefficient (Wildman–Crippen LogP) is 6.17. The van der Waals surface area contributed by atoms with Crippen molar-refractivity contribution in [3.8, 4) is 0 Å². The number of nitrogens with one attached hydrogen (secondary N) is 1. The number of piperidine rings is 1. The minimum Gasteiger partial charge on any atom is -0.296 e. The molecule has 10 heteroatoms. The Balaban J connectivity index is 1.14. The van der Waals surface area contributed by atoms with E-state index in [2.05, 4.69) is 19.2 Å². The number of rotatable bonds is 6. The van der Waals surface area contributed by atoms with Gasteiger partial charge in [-0.25, -0.2) is 0 Å². The molecular formula is C34H40ClF3N4O2. The van der Waals surface area contributed by atoms with E-state index in [0.29, 0.717) is 50.6 Å². The van der Waals surface area contributed by atoms with Gasteiger partial charge >= 0.3 is 6.18 Å². The lowest BCUT2D eigenvalue weighted by Gasteiger charge is -2.43. The molecule has 1 aliphatic carbocycles. The van der Waals surface area contributed by atoms with Crippen molar-refractivity contribution in [2.24, 2.45) is 5.41 Å². The second-order valence-electron chi connectivity index (χ2n) is 13.7. The second-order valence-corrected chi connectivity index (χ2v) is 14.1. The van der Waals surface area contributed by atoms with Crippen molar-refractivity contribution >= 4 is 29.0 Å². The van der Waals surface area contributed by atoms with E-state index < -0.39 is 12.2 Å². The van der Waals surface area contributed by atoms with Crippen molar-refractivity contribution in [1.82, 2.24) is 20.0 Å². The summed E-state index contributed by atoms with van der Waals surface area (Å²) >= 11 is 6.14. The number of benzene rings is 2. The molecule has 0 saturated carbocycles. The van der Waals surface area contributed by atoms with E-state index in [4.69, 9.17) is 11.6 Å². The first-order valence-electron chi connectivity index (χ1n) is 15.5. The van der Waals surface area contributed by atoms with E-state index in [1.54, 1.807) is 4.90 Å². The van der Waals surface area contributed by atoms with Crippen LogP contribution in [0.2, 0.25) is 5.02 Å². The van der Waals surface area contributed by atoms with Crippen molar-refractivity contribution in [3.63, 3.8) is 0 Å². The Bertz CT molecular complexity index is 1460. The molecule has 2 unspecified atom stereocenters.